The predicted octanol–water partition coefficient (Wildman–Crippen LogP) is 0.112. The van der Waals surface area contributed by atoms with Crippen molar-refractivity contribution in [3.05, 3.63) is 12.7 Å². The highest BCUT2D eigenvalue weighted by Gasteiger charge is 2.43. The Morgan fingerprint density at radius 3 is 2.93 bits per heavy atom. The summed E-state index contributed by atoms with van der Waals surface area (Å²) in [4.78, 5) is 17.1. The first-order chi connectivity index (χ1) is 7.05. The number of hydrogen-bond acceptors (Lipinski definition) is 4. The highest BCUT2D eigenvalue weighted by atomic mass is 16.4. The molecule has 0 aromatic rings. The number of carboxylic acids is 1. The van der Waals surface area contributed by atoms with E-state index in [9.17, 15) is 4.79 Å². The monoisotopic (exact) mass is 212 g/mol. The van der Waals surface area contributed by atoms with Gasteiger partial charge in [-0.1, -0.05) is 6.08 Å². The molecule has 0 saturated heterocycles. The minimum absolute atomic E-state index is 0.00333. The van der Waals surface area contributed by atoms with E-state index in [1.54, 1.807) is 17.9 Å². The van der Waals surface area contributed by atoms with Gasteiger partial charge < -0.3 is 15.1 Å². The Labute approximate surface area is 88.7 Å². The summed E-state index contributed by atoms with van der Waals surface area (Å²) >= 11 is 0. The molecular formula is C10H16N2O3. The Hall–Kier alpha value is -1.36. The number of aliphatic carboxylic acids is 1. The molecule has 0 aliphatic carbocycles. The van der Waals surface area contributed by atoms with Gasteiger partial charge in [-0.05, 0) is 6.92 Å². The van der Waals surface area contributed by atoms with Gasteiger partial charge in [-0.3, -0.25) is 4.99 Å². The molecule has 0 aromatic heterocycles. The van der Waals surface area contributed by atoms with Crippen molar-refractivity contribution >= 4 is 11.8 Å². The van der Waals surface area contributed by atoms with Gasteiger partial charge in [-0.15, -0.1) is 6.58 Å². The number of hydrogen-bond donors (Lipinski definition) is 2. The Kier molecular flexibility index (Phi) is 3.47. The van der Waals surface area contributed by atoms with Gasteiger partial charge in [0.05, 0.1) is 19.0 Å². The van der Waals surface area contributed by atoms with Crippen LogP contribution >= 0.6 is 0 Å². The van der Waals surface area contributed by atoms with Crippen LogP contribution in [-0.2, 0) is 4.79 Å². The van der Waals surface area contributed by atoms with Gasteiger partial charge in [0.2, 0.25) is 0 Å². The molecule has 0 spiro atoms. The van der Waals surface area contributed by atoms with Crippen molar-refractivity contribution in [2.75, 3.05) is 19.7 Å². The highest BCUT2D eigenvalue weighted by Crippen LogP contribution is 2.25. The zero-order valence-corrected chi connectivity index (χ0v) is 8.81. The first-order valence-corrected chi connectivity index (χ1v) is 4.82. The molecule has 84 valence electrons. The molecule has 5 heteroatoms. The quantitative estimate of drug-likeness (QED) is 0.634. The zero-order valence-electron chi connectivity index (χ0n) is 8.81. The molecule has 1 heterocycles. The number of nitrogens with zero attached hydrogens (tertiary/aromatic N) is 2. The Bertz CT molecular complexity index is 301. The number of carboxylic acid groups (broad SMARTS) is 1. The van der Waals surface area contributed by atoms with E-state index in [-0.39, 0.29) is 6.61 Å². The highest BCUT2D eigenvalue weighted by molar-refractivity contribution is 5.90. The fourth-order valence-electron chi connectivity index (χ4n) is 1.76. The molecule has 15 heavy (non-hydrogen) atoms. The predicted molar refractivity (Wildman–Crippen MR) is 56.9 cm³/mol. The molecule has 2 N–H and O–H groups in total. The molecule has 0 radical (unpaired) electrons. The molecule has 1 unspecified atom stereocenters. The summed E-state index contributed by atoms with van der Waals surface area (Å²) in [7, 11) is 0. The molecule has 0 fully saturated rings. The van der Waals surface area contributed by atoms with Crippen molar-refractivity contribution in [2.45, 2.75) is 18.9 Å². The fraction of sp³-hybridized carbons (Fsp3) is 0.600. The minimum Gasteiger partial charge on any atom is -0.479 e. The number of amidine groups is 1. The molecule has 1 aliphatic heterocycles. The van der Waals surface area contributed by atoms with Crippen molar-refractivity contribution in [3.63, 3.8) is 0 Å². The van der Waals surface area contributed by atoms with Crippen LogP contribution in [0.2, 0.25) is 0 Å². The average Bonchev–Trinajstić information content (AvgIpc) is 2.46. The summed E-state index contributed by atoms with van der Waals surface area (Å²) in [6.45, 7) is 6.02. The molecule has 0 saturated carbocycles. The lowest BCUT2D eigenvalue weighted by Crippen LogP contribution is -2.42. The number of β-amino-alcohol motifs (C(OH)–C–C–N with tert-alkyl or cyclic N) is 1. The summed E-state index contributed by atoms with van der Waals surface area (Å²) in [5, 5.41) is 18.0. The van der Waals surface area contributed by atoms with Crippen LogP contribution in [0.15, 0.2) is 17.6 Å². The zero-order chi connectivity index (χ0) is 11.5. The topological polar surface area (TPSA) is 73.1 Å². The lowest BCUT2D eigenvalue weighted by molar-refractivity contribution is -0.143. The van der Waals surface area contributed by atoms with Crippen molar-refractivity contribution in [3.8, 4) is 0 Å². The molecule has 1 atom stereocenters. The summed E-state index contributed by atoms with van der Waals surface area (Å²) in [5.41, 5.74) is -1.11. The van der Waals surface area contributed by atoms with Gasteiger partial charge in [-0.2, -0.15) is 0 Å². The number of aliphatic hydroxyl groups is 1. The molecular weight excluding hydrogens is 196 g/mol. The number of carbonyl (C=O) groups is 1. The van der Waals surface area contributed by atoms with Crippen LogP contribution in [0.1, 0.15) is 13.3 Å². The largest absolute Gasteiger partial charge is 0.479 e. The first-order valence-electron chi connectivity index (χ1n) is 4.82. The number of aliphatic imine (C=N–C) groups is 1. The van der Waals surface area contributed by atoms with Crippen LogP contribution in [0.5, 0.6) is 0 Å². The fourth-order valence-corrected chi connectivity index (χ4v) is 1.76. The van der Waals surface area contributed by atoms with Crippen LogP contribution in [-0.4, -0.2) is 52.2 Å². The van der Waals surface area contributed by atoms with Gasteiger partial charge in [0, 0.05) is 13.0 Å². The van der Waals surface area contributed by atoms with Gasteiger partial charge in [0.25, 0.3) is 0 Å². The maximum absolute atomic E-state index is 11.2. The Balaban J connectivity index is 2.87. The average molecular weight is 212 g/mol. The van der Waals surface area contributed by atoms with E-state index in [4.69, 9.17) is 10.2 Å². The van der Waals surface area contributed by atoms with E-state index in [1.807, 2.05) is 0 Å². The molecule has 0 aromatic carbocycles. The molecule has 1 aliphatic rings. The van der Waals surface area contributed by atoms with Gasteiger partial charge in [0.1, 0.15) is 0 Å². The number of aliphatic hydroxyl groups excluding tert-OH is 1. The molecule has 5 nitrogen and oxygen atoms in total. The SMILES string of the molecule is C=CCC1(C(=O)O)CN(CCO)C(C)=N1. The van der Waals surface area contributed by atoms with Gasteiger partial charge in [0.15, 0.2) is 5.54 Å². The molecule has 0 bridgehead atoms. The van der Waals surface area contributed by atoms with Crippen LogP contribution in [0.25, 0.3) is 0 Å². The lowest BCUT2D eigenvalue weighted by Gasteiger charge is -2.22. The van der Waals surface area contributed by atoms with Crippen LogP contribution in [0.3, 0.4) is 0 Å². The van der Waals surface area contributed by atoms with E-state index in [0.29, 0.717) is 25.3 Å². The van der Waals surface area contributed by atoms with E-state index in [1.165, 1.54) is 0 Å². The second kappa shape index (κ2) is 4.44. The normalized spacial score (nSPS) is 25.2. The third-order valence-electron chi connectivity index (χ3n) is 2.54. The summed E-state index contributed by atoms with van der Waals surface area (Å²) < 4.78 is 0. The maximum Gasteiger partial charge on any atom is 0.333 e. The summed E-state index contributed by atoms with van der Waals surface area (Å²) in [6.07, 6.45) is 1.87. The Morgan fingerprint density at radius 2 is 2.47 bits per heavy atom. The second-order valence-corrected chi connectivity index (χ2v) is 3.63. The van der Waals surface area contributed by atoms with Crippen molar-refractivity contribution in [1.29, 1.82) is 0 Å². The van der Waals surface area contributed by atoms with Crippen molar-refractivity contribution in [1.82, 2.24) is 4.90 Å². The third-order valence-corrected chi connectivity index (χ3v) is 2.54. The smallest absolute Gasteiger partial charge is 0.333 e. The van der Waals surface area contributed by atoms with Crippen LogP contribution < -0.4 is 0 Å². The Morgan fingerprint density at radius 1 is 1.80 bits per heavy atom. The van der Waals surface area contributed by atoms with E-state index in [2.05, 4.69) is 11.6 Å². The lowest BCUT2D eigenvalue weighted by atomic mass is 9.97. The minimum atomic E-state index is -1.11. The van der Waals surface area contributed by atoms with E-state index < -0.39 is 11.5 Å². The standard InChI is InChI=1S/C10H16N2O3/c1-3-4-10(9(14)15)7-12(5-6-13)8(2)11-10/h3,13H,1,4-7H2,2H3,(H,14,15). The van der Waals surface area contributed by atoms with Gasteiger partial charge in [-0.25, -0.2) is 4.79 Å². The third kappa shape index (κ3) is 2.18. The van der Waals surface area contributed by atoms with Crippen LogP contribution in [0, 0.1) is 0 Å². The first kappa shape index (κ1) is 11.7. The van der Waals surface area contributed by atoms with Crippen LogP contribution in [0.4, 0.5) is 0 Å². The van der Waals surface area contributed by atoms with Gasteiger partial charge >= 0.3 is 5.97 Å². The van der Waals surface area contributed by atoms with E-state index in [0.717, 1.165) is 0 Å². The van der Waals surface area contributed by atoms with E-state index >= 15 is 0 Å². The number of rotatable bonds is 5. The summed E-state index contributed by atoms with van der Waals surface area (Å²) in [6, 6.07) is 0. The van der Waals surface area contributed by atoms with Crippen molar-refractivity contribution in [2.24, 2.45) is 4.99 Å². The summed E-state index contributed by atoms with van der Waals surface area (Å²) in [5.74, 6) is -0.282. The molecule has 0 amide bonds. The van der Waals surface area contributed by atoms with Crippen molar-refractivity contribution < 1.29 is 15.0 Å². The second-order valence-electron chi connectivity index (χ2n) is 3.63. The molecule has 1 rings (SSSR count). The maximum atomic E-state index is 11.2.